The normalized spacial score (nSPS) is 16.7. The van der Waals surface area contributed by atoms with Gasteiger partial charge in [0.05, 0.1) is 44.0 Å². The first-order chi connectivity index (χ1) is 16.8. The van der Waals surface area contributed by atoms with Crippen molar-refractivity contribution in [2.24, 2.45) is 5.92 Å². The standard InChI is InChI=1S/C27H28N2O6/c1-27(2)11-10-16-20(35-27)9-8-17(24(16)33-5)25(34-26(30)15-6-7-15)23-18-12-21(31-3)22(32-4)13-19(18)28-14-29-23/h8-15,25H,6-7H2,1-5H3. The van der Waals surface area contributed by atoms with Crippen LogP contribution in [0.5, 0.6) is 23.0 Å². The smallest absolute Gasteiger partial charge is 0.309 e. The molecule has 1 aliphatic carbocycles. The van der Waals surface area contributed by atoms with Gasteiger partial charge < -0.3 is 23.7 Å². The van der Waals surface area contributed by atoms with E-state index in [1.165, 1.54) is 6.33 Å². The maximum absolute atomic E-state index is 12.9. The zero-order valence-corrected chi connectivity index (χ0v) is 20.5. The minimum absolute atomic E-state index is 0.0899. The number of esters is 1. The van der Waals surface area contributed by atoms with Gasteiger partial charge in [-0.1, -0.05) is 0 Å². The number of carbonyl (C=O) groups is 1. The molecule has 2 heterocycles. The summed E-state index contributed by atoms with van der Waals surface area (Å²) in [6.07, 6.45) is 6.24. The van der Waals surface area contributed by atoms with Crippen LogP contribution in [0.4, 0.5) is 0 Å². The van der Waals surface area contributed by atoms with E-state index in [9.17, 15) is 4.79 Å². The van der Waals surface area contributed by atoms with Gasteiger partial charge in [0.25, 0.3) is 0 Å². The Morgan fingerprint density at radius 1 is 1.06 bits per heavy atom. The van der Waals surface area contributed by atoms with Crippen LogP contribution in [0.15, 0.2) is 36.7 Å². The molecule has 3 aromatic rings. The molecule has 1 unspecified atom stereocenters. The van der Waals surface area contributed by atoms with Crippen molar-refractivity contribution in [3.05, 3.63) is 53.5 Å². The summed E-state index contributed by atoms with van der Waals surface area (Å²) < 4.78 is 29.0. The highest BCUT2D eigenvalue weighted by molar-refractivity contribution is 5.86. The number of carbonyl (C=O) groups excluding carboxylic acids is 1. The summed E-state index contributed by atoms with van der Waals surface area (Å²) in [5.41, 5.74) is 2.19. The molecule has 1 aliphatic heterocycles. The highest BCUT2D eigenvalue weighted by Gasteiger charge is 2.36. The average molecular weight is 477 g/mol. The monoisotopic (exact) mass is 476 g/mol. The summed E-state index contributed by atoms with van der Waals surface area (Å²) in [6.45, 7) is 3.98. The first-order valence-electron chi connectivity index (χ1n) is 11.5. The first-order valence-corrected chi connectivity index (χ1v) is 11.5. The summed E-state index contributed by atoms with van der Waals surface area (Å²) in [7, 11) is 4.73. The number of methoxy groups -OCH3 is 3. The lowest BCUT2D eigenvalue weighted by atomic mass is 9.95. The SMILES string of the molecule is COc1cc2ncnc(C(OC(=O)C3CC3)c3ccc4c(c3OC)C=CC(C)(C)O4)c2cc1OC. The predicted molar refractivity (Wildman–Crippen MR) is 130 cm³/mol. The number of hydrogen-bond acceptors (Lipinski definition) is 8. The highest BCUT2D eigenvalue weighted by atomic mass is 16.5. The number of rotatable bonds is 7. The molecular formula is C27H28N2O6. The number of nitrogens with zero attached hydrogens (tertiary/aromatic N) is 2. The minimum atomic E-state index is -0.824. The van der Waals surface area contributed by atoms with Crippen molar-refractivity contribution >= 4 is 22.9 Å². The summed E-state index contributed by atoms with van der Waals surface area (Å²) in [5, 5.41) is 0.687. The maximum atomic E-state index is 12.9. The van der Waals surface area contributed by atoms with Crippen LogP contribution in [-0.2, 0) is 9.53 Å². The molecule has 8 heteroatoms. The Kier molecular flexibility index (Phi) is 5.75. The summed E-state index contributed by atoms with van der Waals surface area (Å²) >= 11 is 0. The molecule has 1 fully saturated rings. The molecular weight excluding hydrogens is 448 g/mol. The lowest BCUT2D eigenvalue weighted by molar-refractivity contribution is -0.149. The van der Waals surface area contributed by atoms with Gasteiger partial charge in [0.2, 0.25) is 0 Å². The van der Waals surface area contributed by atoms with Gasteiger partial charge in [0, 0.05) is 17.0 Å². The molecule has 2 aromatic carbocycles. The van der Waals surface area contributed by atoms with Crippen molar-refractivity contribution in [1.29, 1.82) is 0 Å². The van der Waals surface area contributed by atoms with Crippen molar-refractivity contribution in [1.82, 2.24) is 9.97 Å². The molecule has 5 rings (SSSR count). The van der Waals surface area contributed by atoms with Crippen LogP contribution in [0, 0.1) is 5.92 Å². The molecule has 2 aliphatic rings. The number of hydrogen-bond donors (Lipinski definition) is 0. The van der Waals surface area contributed by atoms with E-state index in [0.717, 1.165) is 18.4 Å². The Morgan fingerprint density at radius 2 is 1.80 bits per heavy atom. The molecule has 0 amide bonds. The zero-order valence-electron chi connectivity index (χ0n) is 20.5. The van der Waals surface area contributed by atoms with E-state index >= 15 is 0 Å². The first kappa shape index (κ1) is 23.0. The molecule has 1 aromatic heterocycles. The van der Waals surface area contributed by atoms with Crippen molar-refractivity contribution in [3.63, 3.8) is 0 Å². The molecule has 0 saturated heterocycles. The van der Waals surface area contributed by atoms with Gasteiger partial charge in [-0.05, 0) is 57.0 Å². The number of ether oxygens (including phenoxy) is 5. The van der Waals surface area contributed by atoms with Gasteiger partial charge in [0.1, 0.15) is 23.4 Å². The Hall–Kier alpha value is -3.81. The molecule has 1 atom stereocenters. The van der Waals surface area contributed by atoms with Crippen LogP contribution in [-0.4, -0.2) is 42.9 Å². The predicted octanol–water partition coefficient (Wildman–Crippen LogP) is 4.88. The molecule has 8 nitrogen and oxygen atoms in total. The second-order valence-electron chi connectivity index (χ2n) is 9.21. The van der Waals surface area contributed by atoms with E-state index in [2.05, 4.69) is 9.97 Å². The molecule has 0 spiro atoms. The molecule has 0 bridgehead atoms. The van der Waals surface area contributed by atoms with Crippen molar-refractivity contribution in [2.75, 3.05) is 21.3 Å². The number of fused-ring (bicyclic) bond motifs is 2. The Bertz CT molecular complexity index is 1330. The lowest BCUT2D eigenvalue weighted by Gasteiger charge is -2.30. The lowest BCUT2D eigenvalue weighted by Crippen LogP contribution is -2.27. The van der Waals surface area contributed by atoms with Crippen LogP contribution < -0.4 is 18.9 Å². The zero-order chi connectivity index (χ0) is 24.7. The van der Waals surface area contributed by atoms with E-state index < -0.39 is 11.7 Å². The fourth-order valence-electron chi connectivity index (χ4n) is 4.29. The summed E-state index contributed by atoms with van der Waals surface area (Å²) in [6, 6.07) is 7.33. The molecule has 35 heavy (non-hydrogen) atoms. The van der Waals surface area contributed by atoms with Gasteiger partial charge in [-0.15, -0.1) is 0 Å². The van der Waals surface area contributed by atoms with E-state index in [0.29, 0.717) is 45.2 Å². The van der Waals surface area contributed by atoms with Crippen molar-refractivity contribution in [2.45, 2.75) is 38.4 Å². The van der Waals surface area contributed by atoms with Crippen LogP contribution >= 0.6 is 0 Å². The van der Waals surface area contributed by atoms with Crippen LogP contribution in [0.2, 0.25) is 0 Å². The van der Waals surface area contributed by atoms with E-state index in [-0.39, 0.29) is 11.9 Å². The molecule has 182 valence electrons. The third-order valence-electron chi connectivity index (χ3n) is 6.26. The maximum Gasteiger partial charge on any atom is 0.309 e. The largest absolute Gasteiger partial charge is 0.496 e. The third-order valence-corrected chi connectivity index (χ3v) is 6.26. The second-order valence-corrected chi connectivity index (χ2v) is 9.21. The quantitative estimate of drug-likeness (QED) is 0.446. The summed E-state index contributed by atoms with van der Waals surface area (Å²) in [4.78, 5) is 21.9. The molecule has 1 saturated carbocycles. The van der Waals surface area contributed by atoms with Gasteiger partial charge in [-0.25, -0.2) is 9.97 Å². The van der Waals surface area contributed by atoms with Gasteiger partial charge >= 0.3 is 5.97 Å². The average Bonchev–Trinajstić information content (AvgIpc) is 3.70. The second kappa shape index (κ2) is 8.76. The molecule has 0 N–H and O–H groups in total. The van der Waals surface area contributed by atoms with E-state index in [1.807, 2.05) is 38.1 Å². The topological polar surface area (TPSA) is 89.0 Å². The van der Waals surface area contributed by atoms with Crippen LogP contribution in [0.25, 0.3) is 17.0 Å². The van der Waals surface area contributed by atoms with Gasteiger partial charge in [-0.3, -0.25) is 4.79 Å². The fraction of sp³-hybridized carbons (Fsp3) is 0.370. The number of aromatic nitrogens is 2. The van der Waals surface area contributed by atoms with Gasteiger partial charge in [0.15, 0.2) is 17.6 Å². The van der Waals surface area contributed by atoms with E-state index in [1.54, 1.807) is 33.5 Å². The van der Waals surface area contributed by atoms with Gasteiger partial charge in [-0.2, -0.15) is 0 Å². The minimum Gasteiger partial charge on any atom is -0.496 e. The van der Waals surface area contributed by atoms with E-state index in [4.69, 9.17) is 23.7 Å². The Morgan fingerprint density at radius 3 is 2.49 bits per heavy atom. The summed E-state index contributed by atoms with van der Waals surface area (Å²) in [5.74, 6) is 1.99. The fourth-order valence-corrected chi connectivity index (χ4v) is 4.29. The van der Waals surface area contributed by atoms with Crippen molar-refractivity contribution in [3.8, 4) is 23.0 Å². The Balaban J connectivity index is 1.70. The Labute approximate surface area is 203 Å². The van der Waals surface area contributed by atoms with Crippen molar-refractivity contribution < 1.29 is 28.5 Å². The molecule has 0 radical (unpaired) electrons. The number of benzene rings is 2. The van der Waals surface area contributed by atoms with Crippen LogP contribution in [0.1, 0.15) is 49.6 Å². The van der Waals surface area contributed by atoms with Crippen LogP contribution in [0.3, 0.4) is 0 Å². The third kappa shape index (κ3) is 4.24. The highest BCUT2D eigenvalue weighted by Crippen LogP contribution is 2.45.